The predicted octanol–water partition coefficient (Wildman–Crippen LogP) is 1.23. The van der Waals surface area contributed by atoms with Crippen LogP contribution in [-0.2, 0) is 14.4 Å². The quantitative estimate of drug-likeness (QED) is 0.618. The van der Waals surface area contributed by atoms with Crippen molar-refractivity contribution < 1.29 is 29.1 Å². The molecule has 106 valence electrons. The second kappa shape index (κ2) is 5.65. The number of carbonyl (C=O) groups is 3. The lowest BCUT2D eigenvalue weighted by molar-refractivity contribution is -0.172. The molecule has 0 bridgehead atoms. The van der Waals surface area contributed by atoms with Crippen LogP contribution in [-0.4, -0.2) is 35.1 Å². The number of halogens is 1. The van der Waals surface area contributed by atoms with Gasteiger partial charge in [0, 0.05) is 12.8 Å². The Labute approximate surface area is 127 Å². The van der Waals surface area contributed by atoms with E-state index in [1.807, 2.05) is 22.6 Å². The minimum absolute atomic E-state index is 0.0303. The summed E-state index contributed by atoms with van der Waals surface area (Å²) in [6.45, 7) is 0. The van der Waals surface area contributed by atoms with Crippen LogP contribution in [0.2, 0.25) is 0 Å². The van der Waals surface area contributed by atoms with Gasteiger partial charge in [-0.15, -0.1) is 5.06 Å². The summed E-state index contributed by atoms with van der Waals surface area (Å²) in [7, 11) is 1.34. The molecule has 0 saturated carbocycles. The first-order valence-electron chi connectivity index (χ1n) is 5.58. The van der Waals surface area contributed by atoms with Gasteiger partial charge in [0.05, 0.1) is 16.2 Å². The van der Waals surface area contributed by atoms with E-state index in [0.717, 1.165) is 0 Å². The molecular weight excluding hydrogens is 379 g/mol. The van der Waals surface area contributed by atoms with Crippen molar-refractivity contribution in [1.29, 1.82) is 0 Å². The van der Waals surface area contributed by atoms with Gasteiger partial charge in [0.1, 0.15) is 0 Å². The minimum atomic E-state index is -0.871. The summed E-state index contributed by atoms with van der Waals surface area (Å²) in [5.74, 6) is -1.97. The highest BCUT2D eigenvalue weighted by Gasteiger charge is 2.33. The maximum Gasteiger partial charge on any atom is 0.364 e. The second-order valence-electron chi connectivity index (χ2n) is 3.97. The lowest BCUT2D eigenvalue weighted by atomic mass is 10.2. The fourth-order valence-corrected chi connectivity index (χ4v) is 2.24. The number of amides is 2. The maximum absolute atomic E-state index is 11.9. The number of phenols is 1. The first-order chi connectivity index (χ1) is 9.43. The van der Waals surface area contributed by atoms with Crippen molar-refractivity contribution in [2.24, 2.45) is 0 Å². The summed E-state index contributed by atoms with van der Waals surface area (Å²) < 4.78 is 5.30. The number of nitrogens with zero attached hydrogens (tertiary/aromatic N) is 1. The van der Waals surface area contributed by atoms with Crippen molar-refractivity contribution in [3.05, 3.63) is 21.3 Å². The highest BCUT2D eigenvalue weighted by molar-refractivity contribution is 14.1. The maximum atomic E-state index is 11.9. The number of hydrogen-bond donors (Lipinski definition) is 1. The summed E-state index contributed by atoms with van der Waals surface area (Å²) in [6, 6.07) is 2.64. The Bertz CT molecular complexity index is 584. The zero-order valence-corrected chi connectivity index (χ0v) is 12.5. The molecule has 0 aliphatic carbocycles. The van der Waals surface area contributed by atoms with E-state index in [-0.39, 0.29) is 29.9 Å². The highest BCUT2D eigenvalue weighted by Crippen LogP contribution is 2.32. The van der Waals surface area contributed by atoms with Crippen LogP contribution >= 0.6 is 22.6 Å². The van der Waals surface area contributed by atoms with E-state index in [1.54, 1.807) is 0 Å². The van der Waals surface area contributed by atoms with Gasteiger partial charge in [-0.25, -0.2) is 4.79 Å². The van der Waals surface area contributed by atoms with Crippen LogP contribution in [0.3, 0.4) is 0 Å². The second-order valence-corrected chi connectivity index (χ2v) is 5.13. The van der Waals surface area contributed by atoms with Gasteiger partial charge in [0.15, 0.2) is 11.5 Å². The van der Waals surface area contributed by atoms with Gasteiger partial charge in [0.2, 0.25) is 0 Å². The zero-order chi connectivity index (χ0) is 14.9. The summed E-state index contributed by atoms with van der Waals surface area (Å²) in [6.07, 6.45) is 0.0606. The number of hydroxylamine groups is 2. The molecule has 20 heavy (non-hydrogen) atoms. The number of ether oxygens (including phenoxy) is 1. The monoisotopic (exact) mass is 389 g/mol. The molecule has 0 atom stereocenters. The van der Waals surface area contributed by atoms with E-state index < -0.39 is 17.8 Å². The van der Waals surface area contributed by atoms with Crippen molar-refractivity contribution in [1.82, 2.24) is 5.06 Å². The Hall–Kier alpha value is -1.84. The van der Waals surface area contributed by atoms with Gasteiger partial charge < -0.3 is 14.7 Å². The average molecular weight is 389 g/mol. The molecule has 1 N–H and O–H groups in total. The summed E-state index contributed by atoms with van der Waals surface area (Å²) in [5, 5.41) is 10.1. The molecule has 0 spiro atoms. The molecule has 1 heterocycles. The lowest BCUT2D eigenvalue weighted by Gasteiger charge is -2.13. The SMILES string of the molecule is COc1cc(C(=O)ON2C(=O)CCC2=O)cc([125I])c1O. The van der Waals surface area contributed by atoms with Crippen molar-refractivity contribution in [2.45, 2.75) is 12.8 Å². The van der Waals surface area contributed by atoms with Crippen molar-refractivity contribution in [3.8, 4) is 11.5 Å². The molecule has 1 aromatic rings. The molecule has 1 aliphatic heterocycles. The van der Waals surface area contributed by atoms with Crippen LogP contribution < -0.4 is 4.74 Å². The van der Waals surface area contributed by atoms with E-state index in [9.17, 15) is 19.5 Å². The minimum Gasteiger partial charge on any atom is -0.504 e. The molecule has 7 nitrogen and oxygen atoms in total. The Morgan fingerprint density at radius 1 is 1.30 bits per heavy atom. The van der Waals surface area contributed by atoms with Crippen LogP contribution in [0.5, 0.6) is 11.5 Å². The third-order valence-electron chi connectivity index (χ3n) is 2.66. The molecule has 1 aliphatic rings. The molecule has 8 heteroatoms. The average Bonchev–Trinajstić information content (AvgIpc) is 2.73. The number of methoxy groups -OCH3 is 1. The van der Waals surface area contributed by atoms with Gasteiger partial charge in [-0.05, 0) is 34.7 Å². The predicted molar refractivity (Wildman–Crippen MR) is 73.9 cm³/mol. The zero-order valence-electron chi connectivity index (χ0n) is 10.4. The van der Waals surface area contributed by atoms with Crippen LogP contribution in [0.15, 0.2) is 12.1 Å². The topological polar surface area (TPSA) is 93.1 Å². The van der Waals surface area contributed by atoms with E-state index in [2.05, 4.69) is 0 Å². The first kappa shape index (κ1) is 14.6. The summed E-state index contributed by atoms with van der Waals surface area (Å²) >= 11 is 1.82. The number of imide groups is 1. The van der Waals surface area contributed by atoms with E-state index >= 15 is 0 Å². The van der Waals surface area contributed by atoms with Gasteiger partial charge in [-0.1, -0.05) is 0 Å². The lowest BCUT2D eigenvalue weighted by Crippen LogP contribution is -2.32. The number of aromatic hydroxyl groups is 1. The van der Waals surface area contributed by atoms with Gasteiger partial charge >= 0.3 is 5.97 Å². The van der Waals surface area contributed by atoms with Gasteiger partial charge in [0.25, 0.3) is 11.8 Å². The number of carbonyl (C=O) groups excluding carboxylic acids is 3. The molecule has 0 aromatic heterocycles. The number of hydrogen-bond acceptors (Lipinski definition) is 6. The summed E-state index contributed by atoms with van der Waals surface area (Å²) in [4.78, 5) is 39.4. The third-order valence-corrected chi connectivity index (χ3v) is 3.49. The number of phenolic OH excluding ortho intramolecular Hbond substituents is 1. The van der Waals surface area contributed by atoms with Crippen molar-refractivity contribution in [3.63, 3.8) is 0 Å². The fourth-order valence-electron chi connectivity index (χ4n) is 1.64. The molecular formula is C12H10INO6. The summed E-state index contributed by atoms with van der Waals surface area (Å²) in [5.41, 5.74) is 0.0663. The van der Waals surface area contributed by atoms with E-state index in [1.165, 1.54) is 19.2 Å². The highest BCUT2D eigenvalue weighted by atomic mass is 125. The standard InChI is InChI=1S/C12H10INO6/c1-19-8-5-6(4-7(13)11(8)17)12(18)20-14-9(15)2-3-10(14)16/h4-5,17H,2-3H2,1H3/i13-2. The van der Waals surface area contributed by atoms with Gasteiger partial charge in [-0.3, -0.25) is 9.59 Å². The van der Waals surface area contributed by atoms with Crippen LogP contribution in [0.25, 0.3) is 0 Å². The van der Waals surface area contributed by atoms with Crippen LogP contribution in [0.1, 0.15) is 23.2 Å². The largest absolute Gasteiger partial charge is 0.504 e. The van der Waals surface area contributed by atoms with Crippen LogP contribution in [0.4, 0.5) is 0 Å². The molecule has 0 unspecified atom stereocenters. The molecule has 1 fully saturated rings. The van der Waals surface area contributed by atoms with Crippen molar-refractivity contribution >= 4 is 40.4 Å². The van der Waals surface area contributed by atoms with Crippen molar-refractivity contribution in [2.75, 3.05) is 7.11 Å². The molecule has 1 aromatic carbocycles. The molecule has 2 amide bonds. The smallest absolute Gasteiger partial charge is 0.364 e. The molecule has 1 saturated heterocycles. The Kier molecular flexibility index (Phi) is 4.12. The van der Waals surface area contributed by atoms with E-state index in [0.29, 0.717) is 8.63 Å². The number of benzene rings is 1. The molecule has 0 radical (unpaired) electrons. The number of rotatable bonds is 3. The fraction of sp³-hybridized carbons (Fsp3) is 0.250. The van der Waals surface area contributed by atoms with E-state index in [4.69, 9.17) is 9.57 Å². The Morgan fingerprint density at radius 3 is 2.45 bits per heavy atom. The Morgan fingerprint density at radius 2 is 1.90 bits per heavy atom. The first-order valence-corrected chi connectivity index (χ1v) is 6.66. The third kappa shape index (κ3) is 2.69. The Balaban J connectivity index is 2.23. The van der Waals surface area contributed by atoms with Crippen LogP contribution in [0, 0.1) is 3.57 Å². The van der Waals surface area contributed by atoms with Gasteiger partial charge in [-0.2, -0.15) is 0 Å². The normalized spacial score (nSPS) is 14.6. The molecule has 2 rings (SSSR count).